The molecule has 0 radical (unpaired) electrons. The number of fused-ring (bicyclic) bond motifs is 1. The summed E-state index contributed by atoms with van der Waals surface area (Å²) in [5.74, 6) is -1.07. The van der Waals surface area contributed by atoms with Gasteiger partial charge < -0.3 is 5.11 Å². The van der Waals surface area contributed by atoms with Crippen LogP contribution in [-0.4, -0.2) is 53.6 Å². The van der Waals surface area contributed by atoms with Crippen molar-refractivity contribution in [3.63, 3.8) is 0 Å². The number of carbonyl (C=O) groups is 1. The molecule has 0 spiro atoms. The number of hydrogen-bond acceptors (Lipinski definition) is 5. The van der Waals surface area contributed by atoms with Crippen LogP contribution < -0.4 is 5.56 Å². The number of aromatic carboxylic acids is 1. The van der Waals surface area contributed by atoms with E-state index in [1.165, 1.54) is 4.57 Å². The van der Waals surface area contributed by atoms with E-state index in [2.05, 4.69) is 0 Å². The van der Waals surface area contributed by atoms with E-state index in [0.29, 0.717) is 35.2 Å². The van der Waals surface area contributed by atoms with Crippen LogP contribution in [-0.2, 0) is 16.4 Å². The average molecular weight is 412 g/mol. The first-order chi connectivity index (χ1) is 13.9. The van der Waals surface area contributed by atoms with Crippen molar-refractivity contribution in [2.45, 2.75) is 6.54 Å². The molecule has 4 rings (SSSR count). The molecular formula is C21H20N2O5S. The molecule has 1 fully saturated rings. The van der Waals surface area contributed by atoms with Crippen LogP contribution in [0.1, 0.15) is 16.1 Å². The van der Waals surface area contributed by atoms with Gasteiger partial charge in [-0.25, -0.2) is 13.2 Å². The molecule has 8 heteroatoms. The van der Waals surface area contributed by atoms with Gasteiger partial charge in [0.15, 0.2) is 9.84 Å². The van der Waals surface area contributed by atoms with Gasteiger partial charge >= 0.3 is 5.97 Å². The lowest BCUT2D eigenvalue weighted by Crippen LogP contribution is -2.41. The molecule has 0 saturated carbocycles. The predicted octanol–water partition coefficient (Wildman–Crippen LogP) is 1.92. The van der Waals surface area contributed by atoms with Crippen LogP contribution in [0.4, 0.5) is 0 Å². The Kier molecular flexibility index (Phi) is 4.97. The third-order valence-corrected chi connectivity index (χ3v) is 6.84. The number of hydrogen-bond donors (Lipinski definition) is 1. The van der Waals surface area contributed by atoms with Crippen LogP contribution in [0, 0.1) is 0 Å². The maximum absolute atomic E-state index is 13.3. The quantitative estimate of drug-likeness (QED) is 0.703. The first-order valence-corrected chi connectivity index (χ1v) is 11.1. The fourth-order valence-corrected chi connectivity index (χ4v) is 5.03. The fourth-order valence-electron chi connectivity index (χ4n) is 3.76. The molecular weight excluding hydrogens is 392 g/mol. The number of carboxylic acid groups (broad SMARTS) is 1. The normalized spacial score (nSPS) is 16.7. The van der Waals surface area contributed by atoms with Gasteiger partial charge in [0, 0.05) is 36.1 Å². The Balaban J connectivity index is 1.96. The number of carboxylic acids is 1. The van der Waals surface area contributed by atoms with Crippen LogP contribution in [0.3, 0.4) is 0 Å². The van der Waals surface area contributed by atoms with E-state index in [4.69, 9.17) is 0 Å². The van der Waals surface area contributed by atoms with E-state index < -0.39 is 15.8 Å². The minimum Gasteiger partial charge on any atom is -0.478 e. The zero-order valence-corrected chi connectivity index (χ0v) is 16.4. The molecule has 1 saturated heterocycles. The Bertz CT molecular complexity index is 1240. The lowest BCUT2D eigenvalue weighted by Gasteiger charge is -2.28. The van der Waals surface area contributed by atoms with E-state index >= 15 is 0 Å². The summed E-state index contributed by atoms with van der Waals surface area (Å²) in [5.41, 5.74) is 0.700. The highest BCUT2D eigenvalue weighted by atomic mass is 32.2. The second-order valence-electron chi connectivity index (χ2n) is 7.08. The molecule has 1 aliphatic rings. The van der Waals surface area contributed by atoms with E-state index in [-0.39, 0.29) is 29.2 Å². The Morgan fingerprint density at radius 1 is 0.931 bits per heavy atom. The Hall–Kier alpha value is -2.97. The zero-order valence-electron chi connectivity index (χ0n) is 15.6. The van der Waals surface area contributed by atoms with Gasteiger partial charge in [-0.1, -0.05) is 36.4 Å². The second kappa shape index (κ2) is 7.46. The molecule has 29 heavy (non-hydrogen) atoms. The molecule has 7 nitrogen and oxygen atoms in total. The summed E-state index contributed by atoms with van der Waals surface area (Å²) in [7, 11) is -3.07. The lowest BCUT2D eigenvalue weighted by atomic mass is 10.0. The van der Waals surface area contributed by atoms with Gasteiger partial charge in [-0.05, 0) is 18.2 Å². The zero-order chi connectivity index (χ0) is 20.6. The topological polar surface area (TPSA) is 96.7 Å². The van der Waals surface area contributed by atoms with Crippen molar-refractivity contribution < 1.29 is 18.3 Å². The molecule has 1 aromatic heterocycles. The smallest absolute Gasteiger partial charge is 0.338 e. The van der Waals surface area contributed by atoms with Gasteiger partial charge in [0.1, 0.15) is 0 Å². The molecule has 2 aromatic carbocycles. The molecule has 1 N–H and O–H groups in total. The standard InChI is InChI=1S/C21H20N2O5S/c24-20-17-9-5-4-8-16(17)19(21(25)26)18(23(20)15-6-2-1-3-7-15)14-22-10-12-29(27,28)13-11-22/h1-9H,10-14H2,(H,25,26). The summed E-state index contributed by atoms with van der Waals surface area (Å²) in [6, 6.07) is 15.6. The van der Waals surface area contributed by atoms with Crippen LogP contribution >= 0.6 is 0 Å². The number of rotatable bonds is 4. The Morgan fingerprint density at radius 2 is 1.52 bits per heavy atom. The summed E-state index contributed by atoms with van der Waals surface area (Å²) < 4.78 is 25.0. The first-order valence-electron chi connectivity index (χ1n) is 9.25. The van der Waals surface area contributed by atoms with Crippen molar-refractivity contribution in [3.05, 3.63) is 76.2 Å². The first kappa shape index (κ1) is 19.4. The van der Waals surface area contributed by atoms with Gasteiger partial charge in [0.25, 0.3) is 5.56 Å². The molecule has 0 atom stereocenters. The van der Waals surface area contributed by atoms with Crippen LogP contribution in [0.25, 0.3) is 16.5 Å². The number of benzene rings is 2. The Labute approximate surface area is 167 Å². The van der Waals surface area contributed by atoms with Crippen LogP contribution in [0.15, 0.2) is 59.4 Å². The molecule has 2 heterocycles. The number of para-hydroxylation sites is 1. The highest BCUT2D eigenvalue weighted by Crippen LogP contribution is 2.24. The molecule has 3 aromatic rings. The second-order valence-corrected chi connectivity index (χ2v) is 9.38. The lowest BCUT2D eigenvalue weighted by molar-refractivity contribution is 0.0695. The largest absolute Gasteiger partial charge is 0.478 e. The molecule has 150 valence electrons. The highest BCUT2D eigenvalue weighted by Gasteiger charge is 2.27. The van der Waals surface area contributed by atoms with Crippen molar-refractivity contribution in [1.82, 2.24) is 9.47 Å². The number of sulfone groups is 1. The number of nitrogens with zero attached hydrogens (tertiary/aromatic N) is 2. The Morgan fingerprint density at radius 3 is 2.14 bits per heavy atom. The molecule has 1 aliphatic heterocycles. The SMILES string of the molecule is O=C(O)c1c(CN2CCS(=O)(=O)CC2)n(-c2ccccc2)c(=O)c2ccccc12. The van der Waals surface area contributed by atoms with Gasteiger partial charge in [-0.2, -0.15) is 0 Å². The summed E-state index contributed by atoms with van der Waals surface area (Å²) in [6.45, 7) is 0.778. The van der Waals surface area contributed by atoms with Crippen LogP contribution in [0.5, 0.6) is 0 Å². The third kappa shape index (κ3) is 3.68. The fraction of sp³-hybridized carbons (Fsp3) is 0.238. The van der Waals surface area contributed by atoms with E-state index in [1.807, 2.05) is 11.0 Å². The molecule has 0 amide bonds. The predicted molar refractivity (Wildman–Crippen MR) is 110 cm³/mol. The van der Waals surface area contributed by atoms with Gasteiger partial charge in [0.05, 0.1) is 22.8 Å². The molecule has 0 bridgehead atoms. The molecule has 0 unspecified atom stereocenters. The van der Waals surface area contributed by atoms with E-state index in [9.17, 15) is 23.1 Å². The summed E-state index contributed by atoms with van der Waals surface area (Å²) >= 11 is 0. The maximum atomic E-state index is 13.3. The third-order valence-electron chi connectivity index (χ3n) is 5.23. The van der Waals surface area contributed by atoms with Crippen molar-refractivity contribution in [3.8, 4) is 5.69 Å². The summed E-state index contributed by atoms with van der Waals surface area (Å²) in [4.78, 5) is 27.5. The summed E-state index contributed by atoms with van der Waals surface area (Å²) in [6.07, 6.45) is 0. The maximum Gasteiger partial charge on any atom is 0.338 e. The van der Waals surface area contributed by atoms with Gasteiger partial charge in [0.2, 0.25) is 0 Å². The minimum absolute atomic E-state index is 0.0263. The van der Waals surface area contributed by atoms with Crippen molar-refractivity contribution in [2.75, 3.05) is 24.6 Å². The highest BCUT2D eigenvalue weighted by molar-refractivity contribution is 7.91. The van der Waals surface area contributed by atoms with Gasteiger partial charge in [-0.3, -0.25) is 14.3 Å². The molecule has 0 aliphatic carbocycles. The van der Waals surface area contributed by atoms with Gasteiger partial charge in [-0.15, -0.1) is 0 Å². The summed E-state index contributed by atoms with van der Waals surface area (Å²) in [5, 5.41) is 10.7. The number of aromatic nitrogens is 1. The number of pyridine rings is 1. The minimum atomic E-state index is -3.07. The van der Waals surface area contributed by atoms with E-state index in [0.717, 1.165) is 0 Å². The van der Waals surface area contributed by atoms with Crippen molar-refractivity contribution in [2.24, 2.45) is 0 Å². The average Bonchev–Trinajstić information content (AvgIpc) is 2.70. The monoisotopic (exact) mass is 412 g/mol. The van der Waals surface area contributed by atoms with Crippen molar-refractivity contribution >= 4 is 26.6 Å². The van der Waals surface area contributed by atoms with Crippen molar-refractivity contribution in [1.29, 1.82) is 0 Å². The van der Waals surface area contributed by atoms with Crippen LogP contribution in [0.2, 0.25) is 0 Å². The van der Waals surface area contributed by atoms with E-state index in [1.54, 1.807) is 48.5 Å².